The molecule has 0 spiro atoms. The summed E-state index contributed by atoms with van der Waals surface area (Å²) in [4.78, 5) is 19.4. The first-order valence-corrected chi connectivity index (χ1v) is 8.89. The molecule has 1 aromatic heterocycles. The lowest BCUT2D eigenvalue weighted by atomic mass is 9.99. The number of amides is 1. The number of hydrogen-bond acceptors (Lipinski definition) is 2. The van der Waals surface area contributed by atoms with E-state index in [9.17, 15) is 4.79 Å². The highest BCUT2D eigenvalue weighted by Gasteiger charge is 2.30. The Morgan fingerprint density at radius 2 is 1.92 bits per heavy atom. The number of likely N-dealkylation sites (tertiary alicyclic amines) is 1. The van der Waals surface area contributed by atoms with E-state index >= 15 is 0 Å². The van der Waals surface area contributed by atoms with Crippen LogP contribution in [0.2, 0.25) is 0 Å². The molecular weight excluding hydrogens is 310 g/mol. The lowest BCUT2D eigenvalue weighted by Gasteiger charge is -2.26. The quantitative estimate of drug-likeness (QED) is 0.726. The van der Waals surface area contributed by atoms with Gasteiger partial charge in [-0.1, -0.05) is 41.5 Å². The van der Waals surface area contributed by atoms with Gasteiger partial charge in [-0.05, 0) is 44.4 Å². The van der Waals surface area contributed by atoms with Gasteiger partial charge in [-0.15, -0.1) is 0 Å². The van der Waals surface area contributed by atoms with E-state index in [4.69, 9.17) is 0 Å². The topological polar surface area (TPSA) is 38.1 Å². The van der Waals surface area contributed by atoms with E-state index < -0.39 is 0 Å². The van der Waals surface area contributed by atoms with Crippen molar-refractivity contribution in [1.29, 1.82) is 0 Å². The molecule has 1 saturated heterocycles. The molecule has 0 aliphatic carbocycles. The van der Waals surface area contributed by atoms with Crippen LogP contribution in [0.15, 0.2) is 48.8 Å². The fourth-order valence-corrected chi connectivity index (χ4v) is 3.99. The molecule has 2 aromatic carbocycles. The normalized spacial score (nSPS) is 17.4. The van der Waals surface area contributed by atoms with Crippen molar-refractivity contribution in [2.75, 3.05) is 6.54 Å². The van der Waals surface area contributed by atoms with E-state index in [0.717, 1.165) is 30.4 Å². The third-order valence-electron chi connectivity index (χ3n) is 5.03. The van der Waals surface area contributed by atoms with Gasteiger partial charge in [-0.2, -0.15) is 0 Å². The maximum atomic E-state index is 13.0. The number of carbonyl (C=O) groups is 1. The number of aromatic nitrogens is 2. The molecule has 1 aliphatic heterocycles. The van der Waals surface area contributed by atoms with Gasteiger partial charge in [0.05, 0.1) is 23.4 Å². The molecule has 0 N–H and O–H groups in total. The molecule has 25 heavy (non-hydrogen) atoms. The SMILES string of the molecule is Cc1cc(C)cc(C2CCCN2C(=O)Cn2cnc3ccccc32)c1. The minimum Gasteiger partial charge on any atom is -0.334 e. The molecule has 4 heteroatoms. The van der Waals surface area contributed by atoms with Gasteiger partial charge in [-0.25, -0.2) is 4.98 Å². The van der Waals surface area contributed by atoms with Crippen molar-refractivity contribution in [3.05, 3.63) is 65.5 Å². The molecule has 4 nitrogen and oxygen atoms in total. The van der Waals surface area contributed by atoms with Crippen molar-refractivity contribution in [3.8, 4) is 0 Å². The van der Waals surface area contributed by atoms with Crippen molar-refractivity contribution in [3.63, 3.8) is 0 Å². The van der Waals surface area contributed by atoms with Gasteiger partial charge in [0.15, 0.2) is 0 Å². The second-order valence-electron chi connectivity index (χ2n) is 7.03. The second kappa shape index (κ2) is 6.36. The maximum Gasteiger partial charge on any atom is 0.243 e. The molecule has 1 unspecified atom stereocenters. The largest absolute Gasteiger partial charge is 0.334 e. The van der Waals surface area contributed by atoms with Crippen molar-refractivity contribution in [2.24, 2.45) is 0 Å². The molecule has 1 atom stereocenters. The number of carbonyl (C=O) groups excluding carboxylic acids is 1. The van der Waals surface area contributed by atoms with Gasteiger partial charge in [0.25, 0.3) is 0 Å². The molecule has 3 aromatic rings. The Morgan fingerprint density at radius 3 is 2.72 bits per heavy atom. The smallest absolute Gasteiger partial charge is 0.243 e. The molecule has 0 bridgehead atoms. The van der Waals surface area contributed by atoms with E-state index in [-0.39, 0.29) is 11.9 Å². The standard InChI is InChI=1S/C21H23N3O/c1-15-10-16(2)12-17(11-15)19-8-5-9-24(19)21(25)13-23-14-22-18-6-3-4-7-20(18)23/h3-4,6-7,10-12,14,19H,5,8-9,13H2,1-2H3. The van der Waals surface area contributed by atoms with E-state index in [1.807, 2.05) is 33.7 Å². The molecule has 2 heterocycles. The average molecular weight is 333 g/mol. The first kappa shape index (κ1) is 15.9. The Kier molecular flexibility index (Phi) is 4.04. The minimum atomic E-state index is 0.171. The molecule has 0 saturated carbocycles. The first-order valence-electron chi connectivity index (χ1n) is 8.89. The number of fused-ring (bicyclic) bond motifs is 1. The fraction of sp³-hybridized carbons (Fsp3) is 0.333. The Bertz CT molecular complexity index is 908. The summed E-state index contributed by atoms with van der Waals surface area (Å²) in [5.74, 6) is 0.171. The van der Waals surface area contributed by atoms with Crippen LogP contribution in [0.25, 0.3) is 11.0 Å². The van der Waals surface area contributed by atoms with Crippen LogP contribution in [0, 0.1) is 13.8 Å². The van der Waals surface area contributed by atoms with E-state index in [2.05, 4.69) is 37.0 Å². The summed E-state index contributed by atoms with van der Waals surface area (Å²) < 4.78 is 1.95. The first-order chi connectivity index (χ1) is 12.1. The highest BCUT2D eigenvalue weighted by molar-refractivity contribution is 5.81. The minimum absolute atomic E-state index is 0.171. The number of hydrogen-bond donors (Lipinski definition) is 0. The Morgan fingerprint density at radius 1 is 1.16 bits per heavy atom. The van der Waals surface area contributed by atoms with Crippen LogP contribution in [0.5, 0.6) is 0 Å². The summed E-state index contributed by atoms with van der Waals surface area (Å²) >= 11 is 0. The number of aryl methyl sites for hydroxylation is 2. The zero-order valence-electron chi connectivity index (χ0n) is 14.8. The summed E-state index contributed by atoms with van der Waals surface area (Å²) in [5.41, 5.74) is 5.73. The summed E-state index contributed by atoms with van der Waals surface area (Å²) in [5, 5.41) is 0. The van der Waals surface area contributed by atoms with Gasteiger partial charge in [0.2, 0.25) is 5.91 Å². The van der Waals surface area contributed by atoms with Crippen LogP contribution >= 0.6 is 0 Å². The molecule has 1 aliphatic rings. The molecule has 4 rings (SSSR count). The second-order valence-corrected chi connectivity index (χ2v) is 7.03. The number of benzene rings is 2. The van der Waals surface area contributed by atoms with Crippen LogP contribution < -0.4 is 0 Å². The molecule has 0 radical (unpaired) electrons. The molecule has 1 fully saturated rings. The van der Waals surface area contributed by atoms with Gasteiger partial charge < -0.3 is 9.47 Å². The summed E-state index contributed by atoms with van der Waals surface area (Å²) in [7, 11) is 0. The summed E-state index contributed by atoms with van der Waals surface area (Å²) in [6.07, 6.45) is 3.87. The van der Waals surface area contributed by atoms with E-state index in [1.54, 1.807) is 6.33 Å². The average Bonchev–Trinajstić information content (AvgIpc) is 3.21. The lowest BCUT2D eigenvalue weighted by molar-refractivity contribution is -0.132. The van der Waals surface area contributed by atoms with Crippen LogP contribution in [0.3, 0.4) is 0 Å². The molecule has 128 valence electrons. The van der Waals surface area contributed by atoms with Crippen LogP contribution in [-0.2, 0) is 11.3 Å². The zero-order valence-corrected chi connectivity index (χ0v) is 14.8. The highest BCUT2D eigenvalue weighted by atomic mass is 16.2. The number of para-hydroxylation sites is 2. The van der Waals surface area contributed by atoms with Crippen molar-refractivity contribution >= 4 is 16.9 Å². The van der Waals surface area contributed by atoms with Gasteiger partial charge in [0.1, 0.15) is 6.54 Å². The third-order valence-corrected chi connectivity index (χ3v) is 5.03. The number of imidazole rings is 1. The van der Waals surface area contributed by atoms with Crippen LogP contribution in [0.4, 0.5) is 0 Å². The monoisotopic (exact) mass is 333 g/mol. The maximum absolute atomic E-state index is 13.0. The Hall–Kier alpha value is -2.62. The van der Waals surface area contributed by atoms with Crippen molar-refractivity contribution in [2.45, 2.75) is 39.3 Å². The van der Waals surface area contributed by atoms with Gasteiger partial charge in [0, 0.05) is 6.54 Å². The highest BCUT2D eigenvalue weighted by Crippen LogP contribution is 2.33. The molecular formula is C21H23N3O. The lowest BCUT2D eigenvalue weighted by Crippen LogP contribution is -2.33. The summed E-state index contributed by atoms with van der Waals surface area (Å²) in [6, 6.07) is 14.8. The third kappa shape index (κ3) is 3.04. The Labute approximate surface area is 148 Å². The zero-order chi connectivity index (χ0) is 17.4. The predicted octanol–water partition coefficient (Wildman–Crippen LogP) is 4.02. The van der Waals surface area contributed by atoms with E-state index in [1.165, 1.54) is 16.7 Å². The van der Waals surface area contributed by atoms with Crippen molar-refractivity contribution in [1.82, 2.24) is 14.5 Å². The number of rotatable bonds is 3. The van der Waals surface area contributed by atoms with E-state index in [0.29, 0.717) is 6.54 Å². The fourth-order valence-electron chi connectivity index (χ4n) is 3.99. The van der Waals surface area contributed by atoms with Gasteiger partial charge in [-0.3, -0.25) is 4.79 Å². The summed E-state index contributed by atoms with van der Waals surface area (Å²) in [6.45, 7) is 5.43. The predicted molar refractivity (Wildman–Crippen MR) is 99.3 cm³/mol. The van der Waals surface area contributed by atoms with Crippen LogP contribution in [0.1, 0.15) is 35.6 Å². The Balaban J connectivity index is 1.58. The van der Waals surface area contributed by atoms with Crippen molar-refractivity contribution < 1.29 is 4.79 Å². The number of nitrogens with zero attached hydrogens (tertiary/aromatic N) is 3. The van der Waals surface area contributed by atoms with Crippen LogP contribution in [-0.4, -0.2) is 26.9 Å². The molecule has 1 amide bonds. The van der Waals surface area contributed by atoms with Gasteiger partial charge >= 0.3 is 0 Å².